The number of nitrogens with zero attached hydrogens (tertiary/aromatic N) is 3. The van der Waals surface area contributed by atoms with E-state index < -0.39 is 46.4 Å². The van der Waals surface area contributed by atoms with Gasteiger partial charge in [-0.15, -0.1) is 0 Å². The third kappa shape index (κ3) is 6.94. The zero-order valence-electron chi connectivity index (χ0n) is 25.4. The number of benzene rings is 2. The molecule has 1 fully saturated rings. The molecule has 1 N–H and O–H groups in total. The molecule has 0 spiro atoms. The van der Waals surface area contributed by atoms with E-state index in [0.29, 0.717) is 12.1 Å². The summed E-state index contributed by atoms with van der Waals surface area (Å²) in [5.74, 6) is -0.878. The highest BCUT2D eigenvalue weighted by Crippen LogP contribution is 2.42. The van der Waals surface area contributed by atoms with Crippen molar-refractivity contribution in [1.82, 2.24) is 14.9 Å². The highest BCUT2D eigenvalue weighted by atomic mass is 32.2. The number of aryl methyl sites for hydroxylation is 2. The topological polar surface area (TPSA) is 111 Å². The van der Waals surface area contributed by atoms with Crippen LogP contribution in [0.3, 0.4) is 0 Å². The van der Waals surface area contributed by atoms with Gasteiger partial charge in [0.1, 0.15) is 6.61 Å². The quantitative estimate of drug-likeness (QED) is 0.298. The van der Waals surface area contributed by atoms with Gasteiger partial charge in [0.05, 0.1) is 22.7 Å². The Hall–Kier alpha value is -3.85. The molecule has 1 aromatic heterocycles. The molecule has 46 heavy (non-hydrogen) atoms. The summed E-state index contributed by atoms with van der Waals surface area (Å²) in [6.45, 7) is 7.43. The Morgan fingerprint density at radius 2 is 1.67 bits per heavy atom. The number of hydrogen-bond acceptors (Lipinski definition) is 7. The van der Waals surface area contributed by atoms with Gasteiger partial charge < -0.3 is 14.4 Å². The summed E-state index contributed by atoms with van der Waals surface area (Å²) in [5.41, 5.74) is 2.85. The zero-order chi connectivity index (χ0) is 33.6. The van der Waals surface area contributed by atoms with Gasteiger partial charge in [0, 0.05) is 23.2 Å². The smallest absolute Gasteiger partial charge is 0.475 e. The number of carbonyl (C=O) groups excluding carboxylic acids is 1. The summed E-state index contributed by atoms with van der Waals surface area (Å²) in [6.07, 6.45) is -12.9. The van der Waals surface area contributed by atoms with Crippen LogP contribution in [0.5, 0.6) is 5.88 Å². The first-order chi connectivity index (χ1) is 21.4. The third-order valence-electron chi connectivity index (χ3n) is 7.96. The number of alkyl halides is 5. The first-order valence-electron chi connectivity index (χ1n) is 14.6. The molecule has 5 rings (SSSR count). The predicted octanol–water partition coefficient (Wildman–Crippen LogP) is 6.51. The molecule has 0 saturated heterocycles. The van der Waals surface area contributed by atoms with Gasteiger partial charge in [0.15, 0.2) is 0 Å². The highest BCUT2D eigenvalue weighted by Gasteiger charge is 2.61. The van der Waals surface area contributed by atoms with Gasteiger partial charge in [-0.25, -0.2) is 18.1 Å². The number of aromatic nitrogens is 2. The second kappa shape index (κ2) is 12.4. The monoisotopic (exact) mass is 668 g/mol. The van der Waals surface area contributed by atoms with E-state index in [1.165, 1.54) is 29.2 Å². The van der Waals surface area contributed by atoms with Crippen LogP contribution in [0, 0.1) is 19.8 Å². The molecule has 2 heterocycles. The number of amides is 1. The molecule has 9 nitrogen and oxygen atoms in total. The standard InChI is InChI=1S/C31H33F5N4O5S/c1-17(2)11-22-16-44-26-15-25(27-18(3)7-5-8-19(27)4)37-29(38-26)39-46(42,43)24-10-6-9-20(12-24)28(41)40(22)21-13-23(14-21)45-31(35,36)30(32,33)34/h5-10,12,15,17,21-23H,11,13-14,16H2,1-4H3,(H,37,38,39)/t21-,22-,23+/m1/s1. The van der Waals surface area contributed by atoms with E-state index >= 15 is 0 Å². The van der Waals surface area contributed by atoms with Crippen LogP contribution >= 0.6 is 0 Å². The van der Waals surface area contributed by atoms with Crippen LogP contribution in [0.15, 0.2) is 53.4 Å². The van der Waals surface area contributed by atoms with E-state index in [4.69, 9.17) is 4.74 Å². The van der Waals surface area contributed by atoms with Gasteiger partial charge in [-0.3, -0.25) is 4.79 Å². The molecule has 1 aliphatic heterocycles. The average molecular weight is 669 g/mol. The minimum atomic E-state index is -5.89. The number of hydrogen-bond donors (Lipinski definition) is 1. The van der Waals surface area contributed by atoms with Gasteiger partial charge in [0.2, 0.25) is 11.8 Å². The Bertz CT molecular complexity index is 1710. The fourth-order valence-corrected chi connectivity index (χ4v) is 6.76. The van der Waals surface area contributed by atoms with Crippen molar-refractivity contribution >= 4 is 21.9 Å². The SMILES string of the molecule is Cc1cccc(C)c1-c1cc2nc(n1)NS(=O)(=O)c1cccc(c1)C(=O)N([C@H]1C[C@@H](OC(F)(F)C(F)(F)F)C1)[C@H](CC(C)C)CO2. The van der Waals surface area contributed by atoms with E-state index in [-0.39, 0.29) is 47.7 Å². The van der Waals surface area contributed by atoms with E-state index in [1.54, 1.807) is 6.07 Å². The summed E-state index contributed by atoms with van der Waals surface area (Å²) < 4.78 is 105. The number of fused-ring (bicyclic) bond motifs is 4. The summed E-state index contributed by atoms with van der Waals surface area (Å²) in [7, 11) is -4.32. The molecule has 15 heteroatoms. The van der Waals surface area contributed by atoms with Crippen LogP contribution in [-0.2, 0) is 14.8 Å². The maximum absolute atomic E-state index is 14.1. The summed E-state index contributed by atoms with van der Waals surface area (Å²) >= 11 is 0. The fraction of sp³-hybridized carbons (Fsp3) is 0.452. The first kappa shape index (κ1) is 33.5. The lowest BCUT2D eigenvalue weighted by Gasteiger charge is -2.47. The molecule has 2 aromatic carbocycles. The normalized spacial score (nSPS) is 21.7. The van der Waals surface area contributed by atoms with E-state index in [9.17, 15) is 35.2 Å². The van der Waals surface area contributed by atoms with Crippen LogP contribution in [0.25, 0.3) is 11.3 Å². The number of sulfonamides is 1. The van der Waals surface area contributed by atoms with Crippen molar-refractivity contribution in [2.45, 2.75) is 82.3 Å². The lowest BCUT2D eigenvalue weighted by molar-refractivity contribution is -0.408. The van der Waals surface area contributed by atoms with E-state index in [0.717, 1.165) is 16.7 Å². The number of carbonyl (C=O) groups is 1. The molecule has 1 atom stereocenters. The van der Waals surface area contributed by atoms with Crippen molar-refractivity contribution in [2.24, 2.45) is 5.92 Å². The van der Waals surface area contributed by atoms with Crippen molar-refractivity contribution < 1.29 is 44.6 Å². The third-order valence-corrected chi connectivity index (χ3v) is 9.29. The van der Waals surface area contributed by atoms with Crippen molar-refractivity contribution in [3.63, 3.8) is 0 Å². The molecule has 1 saturated carbocycles. The van der Waals surface area contributed by atoms with Gasteiger partial charge in [-0.1, -0.05) is 38.1 Å². The number of rotatable bonds is 6. The second-order valence-corrected chi connectivity index (χ2v) is 13.7. The number of nitrogens with one attached hydrogen (secondary N) is 1. The molecule has 248 valence electrons. The Morgan fingerprint density at radius 1 is 1.02 bits per heavy atom. The largest absolute Gasteiger partial charge is 0.482 e. The van der Waals surface area contributed by atoms with Crippen LogP contribution in [0.2, 0.25) is 0 Å². The second-order valence-electron chi connectivity index (χ2n) is 12.0. The lowest BCUT2D eigenvalue weighted by Crippen LogP contribution is -2.58. The van der Waals surface area contributed by atoms with Gasteiger partial charge in [-0.05, 0) is 68.4 Å². The molecule has 1 amide bonds. The minimum Gasteiger partial charge on any atom is -0.475 e. The van der Waals surface area contributed by atoms with Crippen molar-refractivity contribution in [3.05, 3.63) is 65.2 Å². The Labute approximate surface area is 263 Å². The van der Waals surface area contributed by atoms with Crippen molar-refractivity contribution in [2.75, 3.05) is 11.3 Å². The molecule has 0 radical (unpaired) electrons. The Balaban J connectivity index is 1.57. The van der Waals surface area contributed by atoms with E-state index in [2.05, 4.69) is 19.4 Å². The summed E-state index contributed by atoms with van der Waals surface area (Å²) in [4.78, 5) is 23.9. The molecular weight excluding hydrogens is 635 g/mol. The van der Waals surface area contributed by atoms with Crippen molar-refractivity contribution in [3.8, 4) is 17.1 Å². The minimum absolute atomic E-state index is 0.000729. The highest BCUT2D eigenvalue weighted by molar-refractivity contribution is 7.92. The van der Waals surface area contributed by atoms with Gasteiger partial charge in [-0.2, -0.15) is 26.9 Å². The van der Waals surface area contributed by atoms with Gasteiger partial charge >= 0.3 is 12.3 Å². The molecule has 1 aliphatic carbocycles. The molecule has 4 bridgehead atoms. The Morgan fingerprint density at radius 3 is 2.30 bits per heavy atom. The summed E-state index contributed by atoms with van der Waals surface area (Å²) in [6, 6.07) is 10.9. The van der Waals surface area contributed by atoms with Crippen LogP contribution in [0.1, 0.15) is 54.6 Å². The fourth-order valence-electron chi connectivity index (χ4n) is 5.77. The number of ether oxygens (including phenoxy) is 2. The Kier molecular flexibility index (Phi) is 9.03. The first-order valence-corrected chi connectivity index (χ1v) is 16.1. The van der Waals surface area contributed by atoms with Crippen LogP contribution in [-0.4, -0.2) is 66.3 Å². The molecular formula is C31H33F5N4O5S. The maximum atomic E-state index is 14.1. The molecule has 0 unspecified atom stereocenters. The summed E-state index contributed by atoms with van der Waals surface area (Å²) in [5, 5.41) is 0. The lowest BCUT2D eigenvalue weighted by atomic mass is 9.85. The number of halogens is 5. The van der Waals surface area contributed by atoms with Crippen LogP contribution in [0.4, 0.5) is 27.9 Å². The average Bonchev–Trinajstić information content (AvgIpc) is 2.93. The van der Waals surface area contributed by atoms with Crippen LogP contribution < -0.4 is 9.46 Å². The van der Waals surface area contributed by atoms with E-state index in [1.807, 2.05) is 45.9 Å². The van der Waals surface area contributed by atoms with Crippen molar-refractivity contribution in [1.29, 1.82) is 0 Å². The predicted molar refractivity (Wildman–Crippen MR) is 158 cm³/mol. The maximum Gasteiger partial charge on any atom is 0.482 e. The number of anilines is 1. The van der Waals surface area contributed by atoms with Gasteiger partial charge in [0.25, 0.3) is 15.9 Å². The zero-order valence-corrected chi connectivity index (χ0v) is 26.3. The molecule has 2 aliphatic rings. The molecule has 3 aromatic rings.